The van der Waals surface area contributed by atoms with Gasteiger partial charge in [0.25, 0.3) is 0 Å². The Bertz CT molecular complexity index is 542. The number of nitrogens with zero attached hydrogens (tertiary/aromatic N) is 2. The molecule has 1 aromatic heterocycles. The van der Waals surface area contributed by atoms with Crippen molar-refractivity contribution in [3.63, 3.8) is 0 Å². The number of anilines is 1. The van der Waals surface area contributed by atoms with Gasteiger partial charge in [-0.3, -0.25) is 9.88 Å². The van der Waals surface area contributed by atoms with Crippen LogP contribution in [0.5, 0.6) is 0 Å². The molecule has 0 unspecified atom stereocenters. The number of unbranched alkanes of at least 4 members (excludes halogenated alkanes) is 8. The lowest BCUT2D eigenvalue weighted by Gasteiger charge is -2.08. The van der Waals surface area contributed by atoms with Crippen LogP contribution in [0.3, 0.4) is 0 Å². The minimum Gasteiger partial charge on any atom is -0.338 e. The van der Waals surface area contributed by atoms with Crippen LogP contribution in [-0.2, 0) is 6.54 Å². The molecular formula is C19H34N4O2. The fourth-order valence-corrected chi connectivity index (χ4v) is 2.65. The SMILES string of the molecule is CCCCCCCCn1ccc(NC(=O)NCCCCCC)nc1=O. The average Bonchev–Trinajstić information content (AvgIpc) is 2.59. The van der Waals surface area contributed by atoms with Gasteiger partial charge in [-0.2, -0.15) is 4.98 Å². The topological polar surface area (TPSA) is 76.0 Å². The van der Waals surface area contributed by atoms with Crippen molar-refractivity contribution in [2.24, 2.45) is 0 Å². The Morgan fingerprint density at radius 1 is 1.00 bits per heavy atom. The zero-order valence-electron chi connectivity index (χ0n) is 15.9. The van der Waals surface area contributed by atoms with E-state index in [-0.39, 0.29) is 11.7 Å². The van der Waals surface area contributed by atoms with Crippen LogP contribution in [0.4, 0.5) is 10.6 Å². The third-order valence-electron chi connectivity index (χ3n) is 4.18. The van der Waals surface area contributed by atoms with Gasteiger partial charge in [0.15, 0.2) is 0 Å². The fraction of sp³-hybridized carbons (Fsp3) is 0.737. The van der Waals surface area contributed by atoms with Crippen molar-refractivity contribution in [1.29, 1.82) is 0 Å². The van der Waals surface area contributed by atoms with Crippen molar-refractivity contribution in [3.05, 3.63) is 22.7 Å². The molecule has 0 aliphatic carbocycles. The highest BCUT2D eigenvalue weighted by atomic mass is 16.2. The van der Waals surface area contributed by atoms with Crippen molar-refractivity contribution < 1.29 is 4.79 Å². The second-order valence-corrected chi connectivity index (χ2v) is 6.50. The summed E-state index contributed by atoms with van der Waals surface area (Å²) in [4.78, 5) is 27.7. The molecule has 142 valence electrons. The number of aromatic nitrogens is 2. The Morgan fingerprint density at radius 3 is 2.32 bits per heavy atom. The summed E-state index contributed by atoms with van der Waals surface area (Å²) in [6.07, 6.45) is 13.3. The zero-order chi connectivity index (χ0) is 18.3. The van der Waals surface area contributed by atoms with Crippen LogP contribution in [-0.4, -0.2) is 22.1 Å². The largest absolute Gasteiger partial charge is 0.349 e. The lowest BCUT2D eigenvalue weighted by molar-refractivity contribution is 0.252. The Morgan fingerprint density at radius 2 is 1.64 bits per heavy atom. The molecule has 0 aliphatic heterocycles. The predicted molar refractivity (Wildman–Crippen MR) is 103 cm³/mol. The van der Waals surface area contributed by atoms with Crippen molar-refractivity contribution in [3.8, 4) is 0 Å². The van der Waals surface area contributed by atoms with E-state index in [1.54, 1.807) is 16.8 Å². The monoisotopic (exact) mass is 350 g/mol. The average molecular weight is 351 g/mol. The van der Waals surface area contributed by atoms with Crippen molar-refractivity contribution in [1.82, 2.24) is 14.9 Å². The van der Waals surface area contributed by atoms with E-state index in [1.807, 2.05) is 0 Å². The number of hydrogen-bond donors (Lipinski definition) is 2. The van der Waals surface area contributed by atoms with E-state index in [0.29, 0.717) is 18.9 Å². The van der Waals surface area contributed by atoms with Gasteiger partial charge in [-0.15, -0.1) is 0 Å². The van der Waals surface area contributed by atoms with Gasteiger partial charge < -0.3 is 5.32 Å². The van der Waals surface area contributed by atoms with E-state index in [4.69, 9.17) is 0 Å². The van der Waals surface area contributed by atoms with Gasteiger partial charge in [-0.05, 0) is 18.9 Å². The molecular weight excluding hydrogens is 316 g/mol. The van der Waals surface area contributed by atoms with Gasteiger partial charge in [0, 0.05) is 19.3 Å². The highest BCUT2D eigenvalue weighted by Gasteiger charge is 2.04. The molecule has 2 N–H and O–H groups in total. The van der Waals surface area contributed by atoms with Crippen LogP contribution < -0.4 is 16.3 Å². The molecule has 6 heteroatoms. The molecule has 0 aromatic carbocycles. The van der Waals surface area contributed by atoms with Gasteiger partial charge in [0.1, 0.15) is 5.82 Å². The van der Waals surface area contributed by atoms with Crippen LogP contribution in [0, 0.1) is 0 Å². The van der Waals surface area contributed by atoms with E-state index in [0.717, 1.165) is 25.7 Å². The minimum absolute atomic E-state index is 0.301. The van der Waals surface area contributed by atoms with E-state index in [1.165, 1.54) is 38.5 Å². The summed E-state index contributed by atoms with van der Waals surface area (Å²) in [5.74, 6) is 0.301. The van der Waals surface area contributed by atoms with Gasteiger partial charge >= 0.3 is 11.7 Å². The second-order valence-electron chi connectivity index (χ2n) is 6.50. The molecule has 1 rings (SSSR count). The molecule has 1 heterocycles. The Kier molecular flexibility index (Phi) is 11.4. The number of urea groups is 1. The molecule has 2 amide bonds. The zero-order valence-corrected chi connectivity index (χ0v) is 15.9. The van der Waals surface area contributed by atoms with Crippen LogP contribution in [0.15, 0.2) is 17.1 Å². The van der Waals surface area contributed by atoms with Crippen LogP contribution >= 0.6 is 0 Å². The Hall–Kier alpha value is -1.85. The first-order valence-corrected chi connectivity index (χ1v) is 9.79. The van der Waals surface area contributed by atoms with E-state index in [2.05, 4.69) is 29.5 Å². The third-order valence-corrected chi connectivity index (χ3v) is 4.18. The van der Waals surface area contributed by atoms with Crippen LogP contribution in [0.25, 0.3) is 0 Å². The fourth-order valence-electron chi connectivity index (χ4n) is 2.65. The quantitative estimate of drug-likeness (QED) is 0.521. The molecule has 0 aliphatic rings. The van der Waals surface area contributed by atoms with Crippen molar-refractivity contribution in [2.45, 2.75) is 84.6 Å². The molecule has 0 atom stereocenters. The Labute approximate surface area is 151 Å². The maximum atomic E-state index is 12.0. The second kappa shape index (κ2) is 13.4. The summed E-state index contributed by atoms with van der Waals surface area (Å²) < 4.78 is 1.60. The maximum absolute atomic E-state index is 12.0. The van der Waals surface area contributed by atoms with E-state index >= 15 is 0 Å². The molecule has 6 nitrogen and oxygen atoms in total. The summed E-state index contributed by atoms with van der Waals surface area (Å²) in [5, 5.41) is 5.40. The molecule has 0 saturated heterocycles. The first-order valence-electron chi connectivity index (χ1n) is 9.79. The molecule has 1 aromatic rings. The molecule has 0 bridgehead atoms. The van der Waals surface area contributed by atoms with Gasteiger partial charge in [-0.25, -0.2) is 9.59 Å². The summed E-state index contributed by atoms with van der Waals surface area (Å²) >= 11 is 0. The number of hydrogen-bond acceptors (Lipinski definition) is 3. The summed E-state index contributed by atoms with van der Waals surface area (Å²) in [6.45, 7) is 5.68. The highest BCUT2D eigenvalue weighted by Crippen LogP contribution is 2.06. The maximum Gasteiger partial charge on any atom is 0.349 e. The van der Waals surface area contributed by atoms with Crippen LogP contribution in [0.2, 0.25) is 0 Å². The first kappa shape index (κ1) is 21.2. The lowest BCUT2D eigenvalue weighted by Crippen LogP contribution is -2.31. The predicted octanol–water partition coefficient (Wildman–Crippen LogP) is 4.31. The van der Waals surface area contributed by atoms with Gasteiger partial charge in [-0.1, -0.05) is 65.2 Å². The molecule has 0 spiro atoms. The third kappa shape index (κ3) is 9.89. The first-order chi connectivity index (χ1) is 12.2. The normalized spacial score (nSPS) is 10.6. The van der Waals surface area contributed by atoms with Crippen LogP contribution in [0.1, 0.15) is 78.1 Å². The Balaban J connectivity index is 2.29. The number of nitrogens with one attached hydrogen (secondary N) is 2. The summed E-state index contributed by atoms with van der Waals surface area (Å²) in [7, 11) is 0. The molecule has 25 heavy (non-hydrogen) atoms. The summed E-state index contributed by atoms with van der Waals surface area (Å²) in [5.41, 5.74) is -0.311. The number of carbonyl (C=O) groups is 1. The summed E-state index contributed by atoms with van der Waals surface area (Å²) in [6, 6.07) is 1.37. The number of rotatable bonds is 13. The highest BCUT2D eigenvalue weighted by molar-refractivity contribution is 5.87. The van der Waals surface area contributed by atoms with E-state index in [9.17, 15) is 9.59 Å². The molecule has 0 fully saturated rings. The van der Waals surface area contributed by atoms with Crippen molar-refractivity contribution >= 4 is 11.8 Å². The van der Waals surface area contributed by atoms with Crippen molar-refractivity contribution in [2.75, 3.05) is 11.9 Å². The smallest absolute Gasteiger partial charge is 0.338 e. The molecule has 0 saturated carbocycles. The molecule has 0 radical (unpaired) electrons. The minimum atomic E-state index is -0.311. The number of amides is 2. The lowest BCUT2D eigenvalue weighted by atomic mass is 10.1. The van der Waals surface area contributed by atoms with Gasteiger partial charge in [0.05, 0.1) is 0 Å². The van der Waals surface area contributed by atoms with Gasteiger partial charge in [0.2, 0.25) is 0 Å². The standard InChI is InChI=1S/C19H34N4O2/c1-3-5-7-9-10-12-15-23-16-13-17(22-19(23)25)21-18(24)20-14-11-8-6-4-2/h13,16H,3-12,14-15H2,1-2H3,(H2,20,21,22,24,25). The number of carbonyl (C=O) groups excluding carboxylic acids is 1. The van der Waals surface area contributed by atoms with E-state index < -0.39 is 0 Å². The number of aryl methyl sites for hydroxylation is 1.